The zero-order valence-electron chi connectivity index (χ0n) is 82.3. The molecular weight excluding hydrogens is 1800 g/mol. The van der Waals surface area contributed by atoms with Crippen LogP contribution in [0.15, 0.2) is 144 Å². The van der Waals surface area contributed by atoms with Crippen LogP contribution in [-0.4, -0.2) is 101 Å². The maximum atomic E-state index is 14.1. The molecule has 0 fully saturated rings. The number of ether oxygens (including phenoxy) is 7. The smallest absolute Gasteiger partial charge is 0.316 e. The largest absolute Gasteiger partial charge is 0.493 e. The lowest BCUT2D eigenvalue weighted by Crippen LogP contribution is -2.16. The molecule has 0 aliphatic carbocycles. The molecule has 11 rings (SSSR count). The molecule has 0 amide bonds. The summed E-state index contributed by atoms with van der Waals surface area (Å²) < 4.78 is 144. The van der Waals surface area contributed by atoms with Gasteiger partial charge in [0, 0.05) is 29.0 Å². The number of anilines is 4. The van der Waals surface area contributed by atoms with Crippen LogP contribution in [0.2, 0.25) is 0 Å². The number of unbranched alkanes of at least 4 members (excludes halogenated alkanes) is 36. The average molecular weight is 1950 g/mol. The second-order valence-corrected chi connectivity index (χ2v) is 39.6. The Morgan fingerprint density at radius 1 is 0.353 bits per heavy atom. The minimum atomic E-state index is -4.14. The minimum Gasteiger partial charge on any atom is -0.493 e. The zero-order chi connectivity index (χ0) is 96.5. The number of aryl methyl sites for hydroxylation is 5. The number of hydrogen-bond donors (Lipinski definition) is 6. The summed E-state index contributed by atoms with van der Waals surface area (Å²) in [5.41, 5.74) is 7.78. The van der Waals surface area contributed by atoms with E-state index in [-0.39, 0.29) is 22.2 Å². The van der Waals surface area contributed by atoms with Crippen LogP contribution in [0.3, 0.4) is 0 Å². The summed E-state index contributed by atoms with van der Waals surface area (Å²) in [5.74, 6) is 5.25. The summed E-state index contributed by atoms with van der Waals surface area (Å²) in [5, 5.41) is 19.6. The number of benzene rings is 7. The first-order chi connectivity index (χ1) is 66.2. The highest BCUT2D eigenvalue weighted by Gasteiger charge is 2.26. The quantitative estimate of drug-likeness (QED) is 0.0193. The van der Waals surface area contributed by atoms with E-state index >= 15 is 0 Å². The second kappa shape index (κ2) is 59.6. The van der Waals surface area contributed by atoms with Crippen LogP contribution in [0, 0.1) is 34.6 Å². The lowest BCUT2D eigenvalue weighted by atomic mass is 10.0. The molecule has 31 heteroatoms. The van der Waals surface area contributed by atoms with E-state index in [0.717, 1.165) is 85.7 Å². The number of para-hydroxylation sites is 1. The van der Waals surface area contributed by atoms with Gasteiger partial charge in [-0.15, -0.1) is 15.3 Å². The standard InChI is InChI=1S/C64H94N6O9S2.C41H56N6O6S2/c1-7-9-11-13-15-17-19-21-23-25-27-29-31-33-42-75-55-40-38-50(3)44-59(55)78-80(71)68-53-46-52(64-65-61-49-62(66-70(61)67-64)77-63-57(73-5)36-35-37-58(63)74-6)47-54(48-53)69-81(72)79-60-45-51(4)39-41-56(60)76-43-34-32-30-28-26-24-22-20-18-16-14-12-10-8-2;1-6-8-10-12-14-16-22-51-36-20-18-30(3)24-38(36)53-54(48)45-34-27-33(41-43-42-40-26-32(5)44-47(40)41)28-35(29-34)46-55(49,50)39-25-31(4)19-21-37(39)52-23-17-15-13-11-9-7-2/h35-41,44-49,68-69H,7-34,42-43H2,1-6H3,(H,65,67);18-21,24-29,44-46H,6-17,22-23H2,1-5H3. The molecule has 0 spiro atoms. The van der Waals surface area contributed by atoms with E-state index < -0.39 is 43.8 Å². The SMILES string of the molecule is CCCCCCCCCCCCCCCCOc1ccc(C)cc1OS(=O)Nc1cc(NS(=O)Oc2cc(C)ccc2OCCCCCCCCCCCCCCCC)cc(-c2nc3cc(Oc4c(OC)cccc4OC)nn3[nH]2)c1.CCCCCCCCOc1ccc(C)cc1OS(=O)Nc1cc(NS(=O)(=O)c2cc(C)ccc2OCCCCCCCC)cc(-c2nnc3cc(C)[nH]n23)c1. The van der Waals surface area contributed by atoms with Crippen molar-refractivity contribution >= 4 is 77.9 Å². The molecule has 744 valence electrons. The first kappa shape index (κ1) is 108. The number of nitrogens with one attached hydrogen (secondary N) is 6. The van der Waals surface area contributed by atoms with Gasteiger partial charge in [-0.1, -0.05) is 289 Å². The summed E-state index contributed by atoms with van der Waals surface area (Å²) in [6.07, 6.45) is 49.2. The molecular formula is C105H150N12O15S4. The van der Waals surface area contributed by atoms with Gasteiger partial charge in [-0.3, -0.25) is 29.1 Å². The van der Waals surface area contributed by atoms with Crippen LogP contribution >= 0.6 is 0 Å². The first-order valence-electron chi connectivity index (χ1n) is 49.8. The Balaban J connectivity index is 0.000000302. The number of rotatable bonds is 69. The molecule has 0 aliphatic rings. The van der Waals surface area contributed by atoms with E-state index in [2.05, 4.69) is 72.1 Å². The van der Waals surface area contributed by atoms with Gasteiger partial charge in [0.1, 0.15) is 10.6 Å². The topological polar surface area (TPSA) is 318 Å². The van der Waals surface area contributed by atoms with Gasteiger partial charge >= 0.3 is 33.8 Å². The first-order valence-corrected chi connectivity index (χ1v) is 54.6. The maximum absolute atomic E-state index is 14.1. The Hall–Kier alpha value is -10.5. The van der Waals surface area contributed by atoms with Crippen molar-refractivity contribution in [1.29, 1.82) is 0 Å². The maximum Gasteiger partial charge on any atom is 0.316 e. The van der Waals surface area contributed by atoms with E-state index in [1.54, 1.807) is 97.6 Å². The van der Waals surface area contributed by atoms with Gasteiger partial charge in [0.05, 0.1) is 63.4 Å². The van der Waals surface area contributed by atoms with Crippen LogP contribution < -0.4 is 64.6 Å². The summed E-state index contributed by atoms with van der Waals surface area (Å²) in [6, 6.07) is 40.8. The molecule has 0 saturated carbocycles. The molecule has 7 aromatic carbocycles. The van der Waals surface area contributed by atoms with E-state index in [4.69, 9.17) is 50.7 Å². The summed E-state index contributed by atoms with van der Waals surface area (Å²) in [4.78, 5) is 4.84. The van der Waals surface area contributed by atoms with E-state index in [9.17, 15) is 21.0 Å². The molecule has 4 heterocycles. The number of H-pyrrole nitrogens is 2. The van der Waals surface area contributed by atoms with Gasteiger partial charge in [0.15, 0.2) is 68.9 Å². The van der Waals surface area contributed by atoms with Crippen LogP contribution in [0.1, 0.15) is 312 Å². The highest BCUT2D eigenvalue weighted by Crippen LogP contribution is 2.42. The minimum absolute atomic E-state index is 0.0307. The Bertz CT molecular complexity index is 5410. The molecule has 3 unspecified atom stereocenters. The summed E-state index contributed by atoms with van der Waals surface area (Å²) in [6.45, 7) is 20.5. The fraction of sp³-hybridized carbons (Fsp3) is 0.524. The third kappa shape index (κ3) is 37.1. The van der Waals surface area contributed by atoms with Gasteiger partial charge in [-0.25, -0.2) is 17.9 Å². The highest BCUT2D eigenvalue weighted by atomic mass is 32.2. The molecule has 3 atom stereocenters. The Kier molecular flexibility index (Phi) is 47.1. The van der Waals surface area contributed by atoms with E-state index in [1.165, 1.54) is 204 Å². The molecule has 27 nitrogen and oxygen atoms in total. The molecule has 11 aromatic rings. The van der Waals surface area contributed by atoms with Crippen LogP contribution in [0.5, 0.6) is 63.4 Å². The third-order valence-corrected chi connectivity index (χ3v) is 27.1. The molecule has 0 saturated heterocycles. The van der Waals surface area contributed by atoms with Crippen LogP contribution in [-0.2, 0) is 43.8 Å². The van der Waals surface area contributed by atoms with Crippen molar-refractivity contribution in [3.05, 3.63) is 167 Å². The predicted molar refractivity (Wildman–Crippen MR) is 552 cm³/mol. The fourth-order valence-electron chi connectivity index (χ4n) is 16.0. The molecule has 136 heavy (non-hydrogen) atoms. The molecule has 0 radical (unpaired) electrons. The summed E-state index contributed by atoms with van der Waals surface area (Å²) in [7, 11) is -1.04. The van der Waals surface area contributed by atoms with Gasteiger partial charge in [-0.2, -0.15) is 17.3 Å². The number of aromatic nitrogens is 8. The third-order valence-electron chi connectivity index (χ3n) is 23.5. The van der Waals surface area contributed by atoms with Crippen molar-refractivity contribution < 1.29 is 66.8 Å². The summed E-state index contributed by atoms with van der Waals surface area (Å²) >= 11 is -6.28. The Labute approximate surface area is 816 Å². The van der Waals surface area contributed by atoms with Crippen molar-refractivity contribution in [3.63, 3.8) is 0 Å². The predicted octanol–water partition coefficient (Wildman–Crippen LogP) is 28.0. The van der Waals surface area contributed by atoms with Crippen molar-refractivity contribution in [2.45, 2.75) is 324 Å². The number of aromatic amines is 2. The van der Waals surface area contributed by atoms with E-state index in [0.29, 0.717) is 129 Å². The normalized spacial score (nSPS) is 12.1. The van der Waals surface area contributed by atoms with Gasteiger partial charge in [0.25, 0.3) is 10.0 Å². The monoisotopic (exact) mass is 1950 g/mol. The fourth-order valence-corrected chi connectivity index (χ4v) is 19.2. The lowest BCUT2D eigenvalue weighted by molar-refractivity contribution is 0.296. The van der Waals surface area contributed by atoms with E-state index in [1.807, 2.05) is 95.3 Å². The van der Waals surface area contributed by atoms with Gasteiger partial charge in [0.2, 0.25) is 11.6 Å². The zero-order valence-corrected chi connectivity index (χ0v) is 85.6. The highest BCUT2D eigenvalue weighted by molar-refractivity contribution is 7.92. The number of methoxy groups -OCH3 is 2. The molecule has 6 N–H and O–H groups in total. The number of nitrogens with zero attached hydrogens (tertiary/aromatic N) is 6. The average Bonchev–Trinajstić information content (AvgIpc) is 1.77. The molecule has 0 aliphatic heterocycles. The van der Waals surface area contributed by atoms with Crippen molar-refractivity contribution in [3.8, 4) is 86.2 Å². The Morgan fingerprint density at radius 2 is 0.706 bits per heavy atom. The van der Waals surface area contributed by atoms with Crippen molar-refractivity contribution in [2.75, 3.05) is 59.5 Å². The van der Waals surface area contributed by atoms with Crippen molar-refractivity contribution in [1.82, 2.24) is 39.6 Å². The van der Waals surface area contributed by atoms with Gasteiger partial charge in [-0.05, 0) is 180 Å². The van der Waals surface area contributed by atoms with Crippen LogP contribution in [0.25, 0.3) is 34.1 Å². The van der Waals surface area contributed by atoms with Crippen LogP contribution in [0.4, 0.5) is 22.7 Å². The number of hydrogen-bond acceptors (Lipinski definition) is 19. The number of fused-ring (bicyclic) bond motifs is 2. The second-order valence-electron chi connectivity index (χ2n) is 35.5. The lowest BCUT2D eigenvalue weighted by Gasteiger charge is -2.16. The number of sulfonamides is 1. The van der Waals surface area contributed by atoms with Gasteiger partial charge < -0.3 is 45.7 Å². The molecule has 0 bridgehead atoms. The Morgan fingerprint density at radius 3 is 1.10 bits per heavy atom. The van der Waals surface area contributed by atoms with Crippen molar-refractivity contribution in [2.24, 2.45) is 0 Å². The molecule has 4 aromatic heterocycles.